The van der Waals surface area contributed by atoms with Crippen LogP contribution in [-0.2, 0) is 27.1 Å². The van der Waals surface area contributed by atoms with E-state index < -0.39 is 17.2 Å². The number of amides is 1. The first-order valence-corrected chi connectivity index (χ1v) is 12.9. The molecule has 0 spiro atoms. The van der Waals surface area contributed by atoms with E-state index in [2.05, 4.69) is 15.2 Å². The highest BCUT2D eigenvalue weighted by Crippen LogP contribution is 2.27. The zero-order valence-corrected chi connectivity index (χ0v) is 22.2. The number of aryl methyl sites for hydroxylation is 1. The number of β-amino-alcohol motifs (C(OH)–C–C–N with tert-alkyl or cyclic N) is 1. The number of hydrogen-bond donors (Lipinski definition) is 2. The zero-order chi connectivity index (χ0) is 27.7. The van der Waals surface area contributed by atoms with E-state index in [1.54, 1.807) is 19.2 Å². The first-order chi connectivity index (χ1) is 18.8. The van der Waals surface area contributed by atoms with Gasteiger partial charge in [-0.2, -0.15) is 0 Å². The molecule has 0 bridgehead atoms. The number of aromatic nitrogens is 3. The fourth-order valence-corrected chi connectivity index (χ4v) is 5.00. The van der Waals surface area contributed by atoms with E-state index in [-0.39, 0.29) is 17.4 Å². The van der Waals surface area contributed by atoms with Gasteiger partial charge in [-0.25, -0.2) is 9.78 Å². The lowest BCUT2D eigenvalue weighted by Gasteiger charge is -2.36. The van der Waals surface area contributed by atoms with Crippen molar-refractivity contribution in [2.45, 2.75) is 26.0 Å². The molecule has 200 valence electrons. The second kappa shape index (κ2) is 10.8. The molecule has 1 amide bonds. The fraction of sp³-hybridized carbons (Fsp3) is 0.267. The molecule has 5 rings (SSSR count). The Bertz CT molecular complexity index is 1650. The van der Waals surface area contributed by atoms with Crippen molar-refractivity contribution in [3.63, 3.8) is 0 Å². The van der Waals surface area contributed by atoms with E-state index in [9.17, 15) is 19.5 Å². The van der Waals surface area contributed by atoms with E-state index in [1.165, 1.54) is 11.6 Å². The third kappa shape index (κ3) is 5.19. The van der Waals surface area contributed by atoms with Gasteiger partial charge < -0.3 is 10.4 Å². The highest BCUT2D eigenvalue weighted by Gasteiger charge is 2.26. The summed E-state index contributed by atoms with van der Waals surface area (Å²) in [5.74, 6) is -0.316. The van der Waals surface area contributed by atoms with Crippen LogP contribution in [-0.4, -0.2) is 49.2 Å². The van der Waals surface area contributed by atoms with Crippen molar-refractivity contribution >= 4 is 11.7 Å². The SMILES string of the molecule is CCc1nc(NC(=O)c2c(-c3cccc(-c4ccccc4)c3)n(C)c(=O)n(C)c2=O)ccc1CN1CC(O)C1. The molecule has 1 fully saturated rings. The molecule has 0 saturated carbocycles. The van der Waals surface area contributed by atoms with Crippen LogP contribution in [0.5, 0.6) is 0 Å². The summed E-state index contributed by atoms with van der Waals surface area (Å²) in [6.45, 7) is 3.92. The fourth-order valence-electron chi connectivity index (χ4n) is 5.00. The van der Waals surface area contributed by atoms with Gasteiger partial charge in [0, 0.05) is 39.4 Å². The third-order valence-electron chi connectivity index (χ3n) is 7.11. The summed E-state index contributed by atoms with van der Waals surface area (Å²) in [5, 5.41) is 12.4. The number of carbonyl (C=O) groups excluding carboxylic acids is 1. The number of anilines is 1. The Morgan fingerprint density at radius 2 is 1.64 bits per heavy atom. The molecule has 3 heterocycles. The minimum absolute atomic E-state index is 0.136. The lowest BCUT2D eigenvalue weighted by atomic mass is 9.99. The van der Waals surface area contributed by atoms with Crippen LogP contribution in [0.4, 0.5) is 5.82 Å². The minimum Gasteiger partial charge on any atom is -0.390 e. The van der Waals surface area contributed by atoms with Crippen molar-refractivity contribution in [2.75, 3.05) is 18.4 Å². The van der Waals surface area contributed by atoms with Crippen LogP contribution in [0.25, 0.3) is 22.4 Å². The Kier molecular flexibility index (Phi) is 7.28. The normalized spacial score (nSPS) is 13.7. The summed E-state index contributed by atoms with van der Waals surface area (Å²) in [7, 11) is 2.92. The summed E-state index contributed by atoms with van der Waals surface area (Å²) >= 11 is 0. The van der Waals surface area contributed by atoms with Gasteiger partial charge in [0.05, 0.1) is 11.8 Å². The largest absolute Gasteiger partial charge is 0.390 e. The van der Waals surface area contributed by atoms with Crippen LogP contribution < -0.4 is 16.6 Å². The van der Waals surface area contributed by atoms with Crippen molar-refractivity contribution < 1.29 is 9.90 Å². The Morgan fingerprint density at radius 3 is 2.33 bits per heavy atom. The molecule has 39 heavy (non-hydrogen) atoms. The molecule has 0 radical (unpaired) electrons. The van der Waals surface area contributed by atoms with E-state index in [0.717, 1.165) is 27.0 Å². The molecule has 1 aliphatic rings. The number of carbonyl (C=O) groups is 1. The van der Waals surface area contributed by atoms with E-state index in [4.69, 9.17) is 0 Å². The summed E-state index contributed by atoms with van der Waals surface area (Å²) in [6, 6.07) is 20.8. The lowest BCUT2D eigenvalue weighted by molar-refractivity contribution is -0.00306. The molecule has 1 saturated heterocycles. The molecule has 2 aromatic heterocycles. The Labute approximate surface area is 226 Å². The standard InChI is InChI=1S/C30H31N5O4/c1-4-24-22(16-35-17-23(36)18-35)13-14-25(31-24)32-28(37)26-27(33(2)30(39)34(3)29(26)38)21-12-8-11-20(15-21)19-9-6-5-7-10-19/h5-15,23,36H,4,16-18H2,1-3H3,(H,31,32,37). The lowest BCUT2D eigenvalue weighted by Crippen LogP contribution is -2.49. The average Bonchev–Trinajstić information content (AvgIpc) is 2.94. The van der Waals surface area contributed by atoms with E-state index >= 15 is 0 Å². The number of aliphatic hydroxyl groups is 1. The summed E-state index contributed by atoms with van der Waals surface area (Å²) in [6.07, 6.45) is 0.378. The molecule has 9 nitrogen and oxygen atoms in total. The predicted octanol–water partition coefficient (Wildman–Crippen LogP) is 2.80. The van der Waals surface area contributed by atoms with Gasteiger partial charge in [-0.3, -0.25) is 23.6 Å². The van der Waals surface area contributed by atoms with E-state index in [0.29, 0.717) is 37.4 Å². The smallest absolute Gasteiger partial charge is 0.330 e. The second-order valence-corrected chi connectivity index (χ2v) is 9.83. The Hall–Kier alpha value is -4.34. The van der Waals surface area contributed by atoms with Crippen LogP contribution in [0.3, 0.4) is 0 Å². The van der Waals surface area contributed by atoms with Gasteiger partial charge in [0.25, 0.3) is 11.5 Å². The van der Waals surface area contributed by atoms with Gasteiger partial charge >= 0.3 is 5.69 Å². The number of rotatable bonds is 7. The molecule has 0 aliphatic carbocycles. The predicted molar refractivity (Wildman–Crippen MR) is 151 cm³/mol. The van der Waals surface area contributed by atoms with Crippen LogP contribution >= 0.6 is 0 Å². The van der Waals surface area contributed by atoms with Gasteiger partial charge in [0.15, 0.2) is 0 Å². The monoisotopic (exact) mass is 525 g/mol. The number of aliphatic hydroxyl groups excluding tert-OH is 1. The number of pyridine rings is 1. The molecular formula is C30H31N5O4. The Morgan fingerprint density at radius 1 is 0.949 bits per heavy atom. The molecule has 1 aliphatic heterocycles. The van der Waals surface area contributed by atoms with Crippen LogP contribution in [0.2, 0.25) is 0 Å². The number of nitrogens with zero attached hydrogens (tertiary/aromatic N) is 4. The maximum Gasteiger partial charge on any atom is 0.330 e. The van der Waals surface area contributed by atoms with Gasteiger partial charge in [-0.1, -0.05) is 61.5 Å². The molecule has 2 aromatic carbocycles. The molecule has 0 atom stereocenters. The first kappa shape index (κ1) is 26.3. The van der Waals surface area contributed by atoms with Crippen molar-refractivity contribution in [2.24, 2.45) is 14.1 Å². The third-order valence-corrected chi connectivity index (χ3v) is 7.11. The van der Waals surface area contributed by atoms with E-state index in [1.807, 2.05) is 61.5 Å². The highest BCUT2D eigenvalue weighted by molar-refractivity contribution is 6.07. The minimum atomic E-state index is -0.681. The number of likely N-dealkylation sites (tertiary alicyclic amines) is 1. The first-order valence-electron chi connectivity index (χ1n) is 12.9. The maximum absolute atomic E-state index is 13.6. The van der Waals surface area contributed by atoms with Gasteiger partial charge in [-0.15, -0.1) is 0 Å². The van der Waals surface area contributed by atoms with Crippen molar-refractivity contribution in [3.8, 4) is 22.4 Å². The average molecular weight is 526 g/mol. The van der Waals surface area contributed by atoms with Gasteiger partial charge in [0.1, 0.15) is 11.4 Å². The quantitative estimate of drug-likeness (QED) is 0.384. The number of hydrogen-bond acceptors (Lipinski definition) is 6. The van der Waals surface area contributed by atoms with Gasteiger partial charge in [0.2, 0.25) is 0 Å². The summed E-state index contributed by atoms with van der Waals surface area (Å²) in [4.78, 5) is 46.6. The topological polar surface area (TPSA) is 109 Å². The number of benzene rings is 2. The molecular weight excluding hydrogens is 494 g/mol. The van der Waals surface area contributed by atoms with Crippen molar-refractivity contribution in [1.82, 2.24) is 19.0 Å². The zero-order valence-electron chi connectivity index (χ0n) is 22.2. The van der Waals surface area contributed by atoms with Crippen molar-refractivity contribution in [1.29, 1.82) is 0 Å². The Balaban J connectivity index is 1.53. The maximum atomic E-state index is 13.6. The second-order valence-electron chi connectivity index (χ2n) is 9.83. The molecule has 4 aromatic rings. The number of nitrogens with one attached hydrogen (secondary N) is 1. The summed E-state index contributed by atoms with van der Waals surface area (Å²) < 4.78 is 2.27. The summed E-state index contributed by atoms with van der Waals surface area (Å²) in [5.41, 5.74) is 3.20. The van der Waals surface area contributed by atoms with Crippen LogP contribution in [0.1, 0.15) is 28.5 Å². The molecule has 2 N–H and O–H groups in total. The molecule has 9 heteroatoms. The van der Waals surface area contributed by atoms with Crippen molar-refractivity contribution in [3.05, 3.63) is 104 Å². The van der Waals surface area contributed by atoms with Crippen LogP contribution in [0, 0.1) is 0 Å². The molecule has 0 unspecified atom stereocenters. The highest BCUT2D eigenvalue weighted by atomic mass is 16.3. The van der Waals surface area contributed by atoms with Gasteiger partial charge in [-0.05, 0) is 40.8 Å². The van der Waals surface area contributed by atoms with Crippen LogP contribution in [0.15, 0.2) is 76.3 Å².